The van der Waals surface area contributed by atoms with Gasteiger partial charge in [-0.05, 0) is 38.1 Å². The molecule has 1 atom stereocenters. The number of hydrogen-bond acceptors (Lipinski definition) is 3. The number of rotatable bonds is 5. The summed E-state index contributed by atoms with van der Waals surface area (Å²) >= 11 is 6.21. The van der Waals surface area contributed by atoms with Crippen molar-refractivity contribution in [2.24, 2.45) is 0 Å². The van der Waals surface area contributed by atoms with E-state index in [1.54, 1.807) is 43.3 Å². The number of nitrogens with one attached hydrogen (secondary N) is 1. The number of Topliss-reactive ketones (excluding diaryl/α,β-unsaturated/α-hetero) is 1. The van der Waals surface area contributed by atoms with Crippen LogP contribution in [0.4, 0.5) is 5.69 Å². The van der Waals surface area contributed by atoms with Gasteiger partial charge < -0.3 is 10.1 Å². The third-order valence-electron chi connectivity index (χ3n) is 4.04. The van der Waals surface area contributed by atoms with Crippen LogP contribution in [0.25, 0.3) is 10.8 Å². The SMILES string of the molecule is CC(=O)c1cccc(NC(=O)C(C)Oc2ccc(Cl)c3ccccc23)c1. The number of ether oxygens (including phenoxy) is 1. The second-order valence-electron chi connectivity index (χ2n) is 5.98. The van der Waals surface area contributed by atoms with E-state index < -0.39 is 6.10 Å². The molecule has 132 valence electrons. The number of fused-ring (bicyclic) bond motifs is 1. The zero-order valence-corrected chi connectivity index (χ0v) is 15.2. The molecule has 26 heavy (non-hydrogen) atoms. The standard InChI is InChI=1S/C21H18ClNO3/c1-13(24)15-6-5-7-16(12-15)23-21(25)14(2)26-20-11-10-19(22)17-8-3-4-9-18(17)20/h3-12,14H,1-2H3,(H,23,25). The van der Waals surface area contributed by atoms with Gasteiger partial charge >= 0.3 is 0 Å². The van der Waals surface area contributed by atoms with Gasteiger partial charge in [0.1, 0.15) is 5.75 Å². The van der Waals surface area contributed by atoms with E-state index in [2.05, 4.69) is 5.32 Å². The van der Waals surface area contributed by atoms with Gasteiger partial charge in [-0.15, -0.1) is 0 Å². The fourth-order valence-corrected chi connectivity index (χ4v) is 2.87. The minimum absolute atomic E-state index is 0.0574. The van der Waals surface area contributed by atoms with Crippen LogP contribution >= 0.6 is 11.6 Å². The van der Waals surface area contributed by atoms with Gasteiger partial charge in [0.05, 0.1) is 0 Å². The summed E-state index contributed by atoms with van der Waals surface area (Å²) in [4.78, 5) is 23.9. The molecule has 0 spiro atoms. The highest BCUT2D eigenvalue weighted by Crippen LogP contribution is 2.31. The Balaban J connectivity index is 1.77. The molecule has 0 aliphatic rings. The van der Waals surface area contributed by atoms with Crippen molar-refractivity contribution in [2.75, 3.05) is 5.32 Å². The monoisotopic (exact) mass is 367 g/mol. The summed E-state index contributed by atoms with van der Waals surface area (Å²) in [6.07, 6.45) is -0.722. The Labute approximate surface area is 156 Å². The molecule has 1 N–H and O–H groups in total. The molecule has 0 heterocycles. The number of halogens is 1. The molecule has 5 heteroatoms. The van der Waals surface area contributed by atoms with Crippen molar-refractivity contribution in [3.63, 3.8) is 0 Å². The van der Waals surface area contributed by atoms with E-state index >= 15 is 0 Å². The Morgan fingerprint density at radius 3 is 2.46 bits per heavy atom. The smallest absolute Gasteiger partial charge is 0.265 e. The van der Waals surface area contributed by atoms with Gasteiger partial charge in [0, 0.05) is 27.0 Å². The number of carbonyl (C=O) groups excluding carboxylic acids is 2. The van der Waals surface area contributed by atoms with Crippen LogP contribution < -0.4 is 10.1 Å². The zero-order chi connectivity index (χ0) is 18.7. The number of ketones is 1. The third-order valence-corrected chi connectivity index (χ3v) is 4.37. The van der Waals surface area contributed by atoms with Crippen LogP contribution in [0.3, 0.4) is 0 Å². The molecule has 0 fully saturated rings. The van der Waals surface area contributed by atoms with Crippen LogP contribution in [-0.4, -0.2) is 17.8 Å². The molecule has 3 aromatic rings. The van der Waals surface area contributed by atoms with Gasteiger partial charge in [-0.3, -0.25) is 9.59 Å². The fraction of sp³-hybridized carbons (Fsp3) is 0.143. The van der Waals surface area contributed by atoms with Gasteiger partial charge in [-0.1, -0.05) is 48.0 Å². The van der Waals surface area contributed by atoms with E-state index in [1.807, 2.05) is 24.3 Å². The van der Waals surface area contributed by atoms with Crippen LogP contribution in [0.1, 0.15) is 24.2 Å². The maximum absolute atomic E-state index is 12.5. The lowest BCUT2D eigenvalue weighted by atomic mass is 10.1. The van der Waals surface area contributed by atoms with Crippen molar-refractivity contribution in [3.8, 4) is 5.75 Å². The minimum atomic E-state index is -0.722. The van der Waals surface area contributed by atoms with Crippen LogP contribution in [0.15, 0.2) is 60.7 Å². The van der Waals surface area contributed by atoms with Gasteiger partial charge in [-0.25, -0.2) is 0 Å². The number of benzene rings is 3. The molecule has 0 aliphatic carbocycles. The quantitative estimate of drug-likeness (QED) is 0.638. The van der Waals surface area contributed by atoms with Gasteiger partial charge in [-0.2, -0.15) is 0 Å². The second-order valence-corrected chi connectivity index (χ2v) is 6.38. The summed E-state index contributed by atoms with van der Waals surface area (Å²) in [7, 11) is 0. The summed E-state index contributed by atoms with van der Waals surface area (Å²) in [5.74, 6) is 0.230. The molecular weight excluding hydrogens is 350 g/mol. The summed E-state index contributed by atoms with van der Waals surface area (Å²) in [5, 5.41) is 5.12. The van der Waals surface area contributed by atoms with Crippen LogP contribution in [0, 0.1) is 0 Å². The van der Waals surface area contributed by atoms with E-state index in [9.17, 15) is 9.59 Å². The van der Waals surface area contributed by atoms with Crippen molar-refractivity contribution in [1.29, 1.82) is 0 Å². The first-order valence-corrected chi connectivity index (χ1v) is 8.59. The first-order chi connectivity index (χ1) is 12.5. The van der Waals surface area contributed by atoms with E-state index in [1.165, 1.54) is 6.92 Å². The summed E-state index contributed by atoms with van der Waals surface area (Å²) in [5.41, 5.74) is 1.10. The van der Waals surface area contributed by atoms with Crippen molar-refractivity contribution < 1.29 is 14.3 Å². The molecule has 1 unspecified atom stereocenters. The van der Waals surface area contributed by atoms with Crippen LogP contribution in [0.2, 0.25) is 5.02 Å². The largest absolute Gasteiger partial charge is 0.480 e. The van der Waals surface area contributed by atoms with Crippen molar-refractivity contribution in [2.45, 2.75) is 20.0 Å². The molecule has 0 saturated heterocycles. The highest BCUT2D eigenvalue weighted by Gasteiger charge is 2.17. The van der Waals surface area contributed by atoms with Crippen molar-refractivity contribution in [1.82, 2.24) is 0 Å². The Morgan fingerprint density at radius 1 is 1.00 bits per heavy atom. The molecule has 1 amide bonds. The van der Waals surface area contributed by atoms with E-state index in [-0.39, 0.29) is 11.7 Å². The molecule has 0 aromatic heterocycles. The third kappa shape index (κ3) is 3.86. The molecule has 0 aliphatic heterocycles. The lowest BCUT2D eigenvalue weighted by Crippen LogP contribution is -2.30. The molecule has 0 radical (unpaired) electrons. The van der Waals surface area contributed by atoms with Crippen molar-refractivity contribution in [3.05, 3.63) is 71.2 Å². The van der Waals surface area contributed by atoms with E-state index in [0.717, 1.165) is 10.8 Å². The average molecular weight is 368 g/mol. The normalized spacial score (nSPS) is 11.8. The van der Waals surface area contributed by atoms with Crippen LogP contribution in [-0.2, 0) is 4.79 Å². The number of amides is 1. The van der Waals surface area contributed by atoms with Gasteiger partial charge in [0.25, 0.3) is 5.91 Å². The van der Waals surface area contributed by atoms with Gasteiger partial charge in [0.2, 0.25) is 0 Å². The van der Waals surface area contributed by atoms with Crippen LogP contribution in [0.5, 0.6) is 5.75 Å². The highest BCUT2D eigenvalue weighted by atomic mass is 35.5. The maximum atomic E-state index is 12.5. The average Bonchev–Trinajstić information content (AvgIpc) is 2.64. The summed E-state index contributed by atoms with van der Waals surface area (Å²) < 4.78 is 5.86. The lowest BCUT2D eigenvalue weighted by Gasteiger charge is -2.17. The van der Waals surface area contributed by atoms with Gasteiger partial charge in [0.15, 0.2) is 11.9 Å². The molecule has 0 bridgehead atoms. The topological polar surface area (TPSA) is 55.4 Å². The molecule has 3 rings (SSSR count). The number of anilines is 1. The lowest BCUT2D eigenvalue weighted by molar-refractivity contribution is -0.122. The van der Waals surface area contributed by atoms with E-state index in [4.69, 9.17) is 16.3 Å². The Kier molecular flexibility index (Phi) is 5.24. The second kappa shape index (κ2) is 7.58. The predicted molar refractivity (Wildman–Crippen MR) is 104 cm³/mol. The summed E-state index contributed by atoms with van der Waals surface area (Å²) in [6, 6.07) is 17.9. The Bertz CT molecular complexity index is 984. The number of hydrogen-bond donors (Lipinski definition) is 1. The van der Waals surface area contributed by atoms with Crippen molar-refractivity contribution >= 4 is 39.8 Å². The molecular formula is C21H18ClNO3. The Hall–Kier alpha value is -2.85. The first kappa shape index (κ1) is 18.0. The first-order valence-electron chi connectivity index (χ1n) is 8.21. The zero-order valence-electron chi connectivity index (χ0n) is 14.5. The maximum Gasteiger partial charge on any atom is 0.265 e. The highest BCUT2D eigenvalue weighted by molar-refractivity contribution is 6.35. The predicted octanol–water partition coefficient (Wildman–Crippen LogP) is 5.10. The summed E-state index contributed by atoms with van der Waals surface area (Å²) in [6.45, 7) is 3.16. The minimum Gasteiger partial charge on any atom is -0.480 e. The van der Waals surface area contributed by atoms with E-state index in [0.29, 0.717) is 22.0 Å². The molecule has 0 saturated carbocycles. The fourth-order valence-electron chi connectivity index (χ4n) is 2.64. The molecule has 3 aromatic carbocycles. The molecule has 4 nitrogen and oxygen atoms in total. The number of carbonyl (C=O) groups is 2. The Morgan fingerprint density at radius 2 is 1.73 bits per heavy atom.